The number of rotatable bonds is 2. The number of carbonyl (C=O) groups excluding carboxylic acids is 1. The minimum absolute atomic E-state index is 0.154. The van der Waals surface area contributed by atoms with Crippen LogP contribution in [0, 0.1) is 0 Å². The zero-order chi connectivity index (χ0) is 14.0. The number of halogens is 1. The predicted octanol–water partition coefficient (Wildman–Crippen LogP) is 3.13. The Bertz CT molecular complexity index is 465. The number of carbonyl (C=O) groups is 1. The summed E-state index contributed by atoms with van der Waals surface area (Å²) < 4.78 is 0. The maximum Gasteiger partial charge on any atom is 0.219 e. The van der Waals surface area contributed by atoms with Crippen LogP contribution in [-0.2, 0) is 4.79 Å². The van der Waals surface area contributed by atoms with Gasteiger partial charge in [0, 0.05) is 33.1 Å². The third kappa shape index (κ3) is 3.21. The Morgan fingerprint density at radius 2 is 1.84 bits per heavy atom. The van der Waals surface area contributed by atoms with Crippen molar-refractivity contribution in [1.29, 1.82) is 0 Å². The molecule has 104 valence electrons. The molecule has 0 saturated carbocycles. The second kappa shape index (κ2) is 5.83. The summed E-state index contributed by atoms with van der Waals surface area (Å²) in [6.45, 7) is 9.20. The number of hydrogen-bond donors (Lipinski definition) is 0. The topological polar surface area (TPSA) is 23.6 Å². The molecular weight excluding hydrogens is 260 g/mol. The fraction of sp³-hybridized carbons (Fsp3) is 0.533. The van der Waals surface area contributed by atoms with Gasteiger partial charge in [-0.3, -0.25) is 4.79 Å². The average Bonchev–Trinajstić information content (AvgIpc) is 2.38. The van der Waals surface area contributed by atoms with E-state index in [-0.39, 0.29) is 5.91 Å². The molecule has 0 aliphatic carbocycles. The molecule has 19 heavy (non-hydrogen) atoms. The van der Waals surface area contributed by atoms with Gasteiger partial charge in [-0.2, -0.15) is 0 Å². The standard InChI is InChI=1S/C15H21ClN2O/c1-11(2)13-4-5-15(14(16)10-13)18-8-6-17(7-9-18)12(3)19/h4-5,10-11H,6-9H2,1-3H3. The quantitative estimate of drug-likeness (QED) is 0.831. The van der Waals surface area contributed by atoms with Gasteiger partial charge in [-0.15, -0.1) is 0 Å². The SMILES string of the molecule is CC(=O)N1CCN(c2ccc(C(C)C)cc2Cl)CC1. The second-order valence-electron chi connectivity index (χ2n) is 5.36. The smallest absolute Gasteiger partial charge is 0.219 e. The highest BCUT2D eigenvalue weighted by Gasteiger charge is 2.20. The number of benzene rings is 1. The maximum absolute atomic E-state index is 11.3. The molecule has 1 heterocycles. The molecule has 0 spiro atoms. The van der Waals surface area contributed by atoms with E-state index in [0.717, 1.165) is 36.9 Å². The van der Waals surface area contributed by atoms with Crippen molar-refractivity contribution in [3.05, 3.63) is 28.8 Å². The van der Waals surface area contributed by atoms with Gasteiger partial charge in [-0.05, 0) is 23.6 Å². The van der Waals surface area contributed by atoms with Crippen LogP contribution in [0.25, 0.3) is 0 Å². The van der Waals surface area contributed by atoms with Crippen LogP contribution >= 0.6 is 11.6 Å². The Morgan fingerprint density at radius 1 is 1.21 bits per heavy atom. The lowest BCUT2D eigenvalue weighted by atomic mass is 10.0. The van der Waals surface area contributed by atoms with Gasteiger partial charge in [-0.25, -0.2) is 0 Å². The van der Waals surface area contributed by atoms with E-state index in [1.54, 1.807) is 6.92 Å². The first-order valence-electron chi connectivity index (χ1n) is 6.79. The van der Waals surface area contributed by atoms with Crippen LogP contribution in [0.5, 0.6) is 0 Å². The molecule has 1 aromatic carbocycles. The van der Waals surface area contributed by atoms with E-state index in [0.29, 0.717) is 5.92 Å². The summed E-state index contributed by atoms with van der Waals surface area (Å²) in [7, 11) is 0. The molecule has 4 heteroatoms. The normalized spacial score (nSPS) is 16.1. The Balaban J connectivity index is 2.09. The van der Waals surface area contributed by atoms with Gasteiger partial charge >= 0.3 is 0 Å². The van der Waals surface area contributed by atoms with Crippen molar-refractivity contribution in [3.63, 3.8) is 0 Å². The molecule has 1 amide bonds. The van der Waals surface area contributed by atoms with Crippen molar-refractivity contribution in [2.24, 2.45) is 0 Å². The van der Waals surface area contributed by atoms with Crippen molar-refractivity contribution in [3.8, 4) is 0 Å². The second-order valence-corrected chi connectivity index (χ2v) is 5.77. The van der Waals surface area contributed by atoms with Crippen LogP contribution in [0.1, 0.15) is 32.3 Å². The summed E-state index contributed by atoms with van der Waals surface area (Å²) in [6.07, 6.45) is 0. The van der Waals surface area contributed by atoms with E-state index >= 15 is 0 Å². The number of hydrogen-bond acceptors (Lipinski definition) is 2. The van der Waals surface area contributed by atoms with Crippen LogP contribution in [0.2, 0.25) is 5.02 Å². The van der Waals surface area contributed by atoms with Crippen LogP contribution < -0.4 is 4.90 Å². The largest absolute Gasteiger partial charge is 0.367 e. The Labute approximate surface area is 120 Å². The molecule has 1 saturated heterocycles. The summed E-state index contributed by atoms with van der Waals surface area (Å²) in [5.74, 6) is 0.641. The van der Waals surface area contributed by atoms with Gasteiger partial charge < -0.3 is 9.80 Å². The van der Waals surface area contributed by atoms with E-state index in [1.807, 2.05) is 4.90 Å². The van der Waals surface area contributed by atoms with Gasteiger partial charge in [0.1, 0.15) is 0 Å². The Morgan fingerprint density at radius 3 is 2.32 bits per heavy atom. The zero-order valence-electron chi connectivity index (χ0n) is 11.8. The lowest BCUT2D eigenvalue weighted by Crippen LogP contribution is -2.48. The molecule has 0 bridgehead atoms. The lowest BCUT2D eigenvalue weighted by molar-refractivity contribution is -0.129. The molecule has 0 unspecified atom stereocenters. The fourth-order valence-electron chi connectivity index (χ4n) is 2.40. The fourth-order valence-corrected chi connectivity index (χ4v) is 2.71. The van der Waals surface area contributed by atoms with Gasteiger partial charge in [-0.1, -0.05) is 31.5 Å². The minimum Gasteiger partial charge on any atom is -0.367 e. The van der Waals surface area contributed by atoms with Crippen molar-refractivity contribution in [1.82, 2.24) is 4.90 Å². The molecule has 1 aliphatic rings. The van der Waals surface area contributed by atoms with Crippen LogP contribution in [0.15, 0.2) is 18.2 Å². The first kappa shape index (κ1) is 14.2. The van der Waals surface area contributed by atoms with Crippen LogP contribution in [-0.4, -0.2) is 37.0 Å². The van der Waals surface area contributed by atoms with E-state index in [4.69, 9.17) is 11.6 Å². The summed E-state index contributed by atoms with van der Waals surface area (Å²) in [5.41, 5.74) is 2.34. The molecule has 0 atom stereocenters. The summed E-state index contributed by atoms with van der Waals surface area (Å²) >= 11 is 6.38. The van der Waals surface area contributed by atoms with Gasteiger partial charge in [0.25, 0.3) is 0 Å². The Kier molecular flexibility index (Phi) is 4.35. The predicted molar refractivity (Wildman–Crippen MR) is 80.0 cm³/mol. The number of anilines is 1. The monoisotopic (exact) mass is 280 g/mol. The van der Waals surface area contributed by atoms with Crippen LogP contribution in [0.4, 0.5) is 5.69 Å². The van der Waals surface area contributed by atoms with Crippen molar-refractivity contribution >= 4 is 23.2 Å². The summed E-state index contributed by atoms with van der Waals surface area (Å²) in [6, 6.07) is 6.29. The van der Waals surface area contributed by atoms with Gasteiger partial charge in [0.15, 0.2) is 0 Å². The molecule has 0 aromatic heterocycles. The van der Waals surface area contributed by atoms with Crippen molar-refractivity contribution in [2.45, 2.75) is 26.7 Å². The molecule has 1 fully saturated rings. The van der Waals surface area contributed by atoms with E-state index < -0.39 is 0 Å². The highest BCUT2D eigenvalue weighted by Crippen LogP contribution is 2.30. The highest BCUT2D eigenvalue weighted by molar-refractivity contribution is 6.33. The first-order chi connectivity index (χ1) is 8.99. The molecule has 0 N–H and O–H groups in total. The number of nitrogens with zero attached hydrogens (tertiary/aromatic N) is 2. The Hall–Kier alpha value is -1.22. The van der Waals surface area contributed by atoms with Crippen molar-refractivity contribution in [2.75, 3.05) is 31.1 Å². The third-order valence-corrected chi connectivity index (χ3v) is 4.01. The molecule has 1 aliphatic heterocycles. The highest BCUT2D eigenvalue weighted by atomic mass is 35.5. The van der Waals surface area contributed by atoms with Gasteiger partial charge in [0.2, 0.25) is 5.91 Å². The molecule has 3 nitrogen and oxygen atoms in total. The zero-order valence-corrected chi connectivity index (χ0v) is 12.6. The van der Waals surface area contributed by atoms with Gasteiger partial charge in [0.05, 0.1) is 10.7 Å². The third-order valence-electron chi connectivity index (χ3n) is 3.70. The summed E-state index contributed by atoms with van der Waals surface area (Å²) in [5, 5.41) is 0.808. The van der Waals surface area contributed by atoms with E-state index in [1.165, 1.54) is 5.56 Å². The molecular formula is C15H21ClN2O. The lowest BCUT2D eigenvalue weighted by Gasteiger charge is -2.36. The molecule has 1 aromatic rings. The van der Waals surface area contributed by atoms with Crippen molar-refractivity contribution < 1.29 is 4.79 Å². The van der Waals surface area contributed by atoms with E-state index in [2.05, 4.69) is 36.9 Å². The number of amides is 1. The average molecular weight is 281 g/mol. The van der Waals surface area contributed by atoms with E-state index in [9.17, 15) is 4.79 Å². The van der Waals surface area contributed by atoms with Crippen LogP contribution in [0.3, 0.4) is 0 Å². The summed E-state index contributed by atoms with van der Waals surface area (Å²) in [4.78, 5) is 15.4. The molecule has 2 rings (SSSR count). The maximum atomic E-state index is 11.3. The minimum atomic E-state index is 0.154. The first-order valence-corrected chi connectivity index (χ1v) is 7.16. The number of piperazine rings is 1. The molecule has 0 radical (unpaired) electrons.